The second-order valence-electron chi connectivity index (χ2n) is 5.87. The fourth-order valence-electron chi connectivity index (χ4n) is 2.71. The number of aromatic nitrogens is 3. The molecular weight excluding hydrogens is 284 g/mol. The van der Waals surface area contributed by atoms with E-state index in [-0.39, 0.29) is 0 Å². The van der Waals surface area contributed by atoms with Crippen molar-refractivity contribution in [3.63, 3.8) is 0 Å². The lowest BCUT2D eigenvalue weighted by Crippen LogP contribution is -2.04. The first-order chi connectivity index (χ1) is 11.2. The molecule has 0 radical (unpaired) electrons. The van der Waals surface area contributed by atoms with Crippen LogP contribution < -0.4 is 5.73 Å². The van der Waals surface area contributed by atoms with Gasteiger partial charge < -0.3 is 5.73 Å². The van der Waals surface area contributed by atoms with Gasteiger partial charge >= 0.3 is 0 Å². The van der Waals surface area contributed by atoms with Crippen LogP contribution in [0.1, 0.15) is 22.5 Å². The Bertz CT molecular complexity index is 770. The fourth-order valence-corrected chi connectivity index (χ4v) is 2.71. The van der Waals surface area contributed by atoms with Crippen LogP contribution in [-0.2, 0) is 13.0 Å². The zero-order valence-electron chi connectivity index (χ0n) is 13.7. The molecule has 0 bridgehead atoms. The van der Waals surface area contributed by atoms with Gasteiger partial charge in [0.2, 0.25) is 0 Å². The predicted octanol–water partition coefficient (Wildman–Crippen LogP) is 3.11. The Morgan fingerprint density at radius 1 is 1.00 bits per heavy atom. The number of benzene rings is 1. The van der Waals surface area contributed by atoms with Crippen molar-refractivity contribution in [3.8, 4) is 11.3 Å². The third kappa shape index (κ3) is 3.66. The molecule has 23 heavy (non-hydrogen) atoms. The minimum absolute atomic E-state index is 0.679. The van der Waals surface area contributed by atoms with Gasteiger partial charge in [0.1, 0.15) is 0 Å². The van der Waals surface area contributed by atoms with Gasteiger partial charge in [-0.15, -0.1) is 0 Å². The Kier molecular flexibility index (Phi) is 4.53. The van der Waals surface area contributed by atoms with Crippen molar-refractivity contribution < 1.29 is 0 Å². The smallest absolute Gasteiger partial charge is 0.0702 e. The number of nitrogens with zero attached hydrogens (tertiary/aromatic N) is 3. The van der Waals surface area contributed by atoms with Crippen molar-refractivity contribution in [1.29, 1.82) is 0 Å². The summed E-state index contributed by atoms with van der Waals surface area (Å²) in [7, 11) is 0. The number of pyridine rings is 1. The van der Waals surface area contributed by atoms with E-state index in [0.717, 1.165) is 35.5 Å². The van der Waals surface area contributed by atoms with Crippen molar-refractivity contribution in [2.75, 3.05) is 6.54 Å². The summed E-state index contributed by atoms with van der Waals surface area (Å²) >= 11 is 0. The summed E-state index contributed by atoms with van der Waals surface area (Å²) in [6, 6.07) is 14.7. The van der Waals surface area contributed by atoms with E-state index in [1.54, 1.807) is 0 Å². The van der Waals surface area contributed by atoms with Gasteiger partial charge in [-0.2, -0.15) is 5.10 Å². The van der Waals surface area contributed by atoms with Gasteiger partial charge in [0.25, 0.3) is 0 Å². The van der Waals surface area contributed by atoms with Crippen LogP contribution in [0, 0.1) is 13.8 Å². The maximum absolute atomic E-state index is 5.58. The number of aryl methyl sites for hydroxylation is 2. The average Bonchev–Trinajstić information content (AvgIpc) is 2.87. The molecule has 0 saturated heterocycles. The van der Waals surface area contributed by atoms with Crippen molar-refractivity contribution >= 4 is 0 Å². The molecule has 2 aromatic heterocycles. The minimum Gasteiger partial charge on any atom is -0.330 e. The first-order valence-electron chi connectivity index (χ1n) is 7.91. The minimum atomic E-state index is 0.679. The van der Waals surface area contributed by atoms with Crippen LogP contribution in [0.3, 0.4) is 0 Å². The number of rotatable bonds is 5. The van der Waals surface area contributed by atoms with Crippen molar-refractivity contribution in [2.24, 2.45) is 5.73 Å². The zero-order valence-corrected chi connectivity index (χ0v) is 13.7. The first kappa shape index (κ1) is 15.4. The highest BCUT2D eigenvalue weighted by Gasteiger charge is 2.04. The highest BCUT2D eigenvalue weighted by Crippen LogP contribution is 2.18. The molecule has 0 unspecified atom stereocenters. The summed E-state index contributed by atoms with van der Waals surface area (Å²) in [4.78, 5) is 4.59. The molecule has 0 aliphatic heterocycles. The molecule has 0 atom stereocenters. The molecule has 118 valence electrons. The maximum atomic E-state index is 5.58. The van der Waals surface area contributed by atoms with Crippen LogP contribution in [0.2, 0.25) is 0 Å². The van der Waals surface area contributed by atoms with E-state index >= 15 is 0 Å². The summed E-state index contributed by atoms with van der Waals surface area (Å²) in [6.07, 6.45) is 2.84. The number of hydrogen-bond donors (Lipinski definition) is 1. The van der Waals surface area contributed by atoms with E-state index < -0.39 is 0 Å². The average molecular weight is 306 g/mol. The summed E-state index contributed by atoms with van der Waals surface area (Å²) in [5.41, 5.74) is 12.3. The standard InChI is InChI=1S/C19H22N4/c1-14-11-15(2)23(22-14)13-17-5-8-19(21-12-17)18-6-3-16(4-7-18)9-10-20/h3-8,11-12H,9-10,13,20H2,1-2H3. The normalized spacial score (nSPS) is 10.9. The van der Waals surface area contributed by atoms with Gasteiger partial charge in [-0.1, -0.05) is 30.3 Å². The molecule has 0 amide bonds. The largest absolute Gasteiger partial charge is 0.330 e. The molecule has 2 N–H and O–H groups in total. The van der Waals surface area contributed by atoms with Crippen LogP contribution in [-0.4, -0.2) is 21.3 Å². The lowest BCUT2D eigenvalue weighted by molar-refractivity contribution is 0.657. The fraction of sp³-hybridized carbons (Fsp3) is 0.263. The monoisotopic (exact) mass is 306 g/mol. The second kappa shape index (κ2) is 6.75. The molecule has 3 rings (SSSR count). The van der Waals surface area contributed by atoms with Gasteiger partial charge in [-0.05, 0) is 50.1 Å². The molecule has 3 aromatic rings. The molecule has 0 aliphatic carbocycles. The van der Waals surface area contributed by atoms with Gasteiger partial charge in [0.05, 0.1) is 17.9 Å². The van der Waals surface area contributed by atoms with Crippen molar-refractivity contribution in [2.45, 2.75) is 26.8 Å². The quantitative estimate of drug-likeness (QED) is 0.788. The van der Waals surface area contributed by atoms with E-state index in [9.17, 15) is 0 Å². The Balaban J connectivity index is 1.75. The Hall–Kier alpha value is -2.46. The first-order valence-corrected chi connectivity index (χ1v) is 7.91. The Labute approximate surface area is 137 Å². The van der Waals surface area contributed by atoms with Crippen LogP contribution in [0.15, 0.2) is 48.7 Å². The van der Waals surface area contributed by atoms with E-state index in [1.807, 2.05) is 17.8 Å². The molecule has 0 saturated carbocycles. The molecule has 1 aromatic carbocycles. The lowest BCUT2D eigenvalue weighted by atomic mass is 10.1. The Morgan fingerprint density at radius 2 is 1.74 bits per heavy atom. The second-order valence-corrected chi connectivity index (χ2v) is 5.87. The van der Waals surface area contributed by atoms with Gasteiger partial charge in [-0.3, -0.25) is 9.67 Å². The van der Waals surface area contributed by atoms with E-state index in [4.69, 9.17) is 5.73 Å². The van der Waals surface area contributed by atoms with E-state index in [2.05, 4.69) is 59.5 Å². The van der Waals surface area contributed by atoms with E-state index in [1.165, 1.54) is 11.3 Å². The molecule has 2 heterocycles. The highest BCUT2D eigenvalue weighted by atomic mass is 15.3. The molecule has 4 nitrogen and oxygen atoms in total. The van der Waals surface area contributed by atoms with Gasteiger partial charge in [-0.25, -0.2) is 0 Å². The third-order valence-electron chi connectivity index (χ3n) is 3.94. The summed E-state index contributed by atoms with van der Waals surface area (Å²) in [5, 5.41) is 4.49. The SMILES string of the molecule is Cc1cc(C)n(Cc2ccc(-c3ccc(CCN)cc3)nc2)n1. The van der Waals surface area contributed by atoms with E-state index in [0.29, 0.717) is 6.54 Å². The summed E-state index contributed by atoms with van der Waals surface area (Å²) in [5.74, 6) is 0. The topological polar surface area (TPSA) is 56.7 Å². The van der Waals surface area contributed by atoms with Crippen molar-refractivity contribution in [3.05, 3.63) is 71.2 Å². The van der Waals surface area contributed by atoms with Crippen LogP contribution >= 0.6 is 0 Å². The predicted molar refractivity (Wildman–Crippen MR) is 93.2 cm³/mol. The van der Waals surface area contributed by atoms with Gasteiger partial charge in [0, 0.05) is 17.5 Å². The summed E-state index contributed by atoms with van der Waals surface area (Å²) in [6.45, 7) is 5.52. The molecule has 0 aliphatic rings. The summed E-state index contributed by atoms with van der Waals surface area (Å²) < 4.78 is 2.01. The van der Waals surface area contributed by atoms with Crippen LogP contribution in [0.25, 0.3) is 11.3 Å². The lowest BCUT2D eigenvalue weighted by Gasteiger charge is -2.07. The number of nitrogens with two attached hydrogens (primary N) is 1. The molecule has 0 spiro atoms. The Morgan fingerprint density at radius 3 is 2.30 bits per heavy atom. The van der Waals surface area contributed by atoms with Crippen molar-refractivity contribution in [1.82, 2.24) is 14.8 Å². The number of hydrogen-bond acceptors (Lipinski definition) is 3. The molecule has 4 heteroatoms. The zero-order chi connectivity index (χ0) is 16.2. The van der Waals surface area contributed by atoms with Crippen LogP contribution in [0.5, 0.6) is 0 Å². The van der Waals surface area contributed by atoms with Gasteiger partial charge in [0.15, 0.2) is 0 Å². The molecular formula is C19H22N4. The van der Waals surface area contributed by atoms with Crippen LogP contribution in [0.4, 0.5) is 0 Å². The third-order valence-corrected chi connectivity index (χ3v) is 3.94. The highest BCUT2D eigenvalue weighted by molar-refractivity contribution is 5.59. The maximum Gasteiger partial charge on any atom is 0.0702 e. The molecule has 0 fully saturated rings.